The number of rotatable bonds is 6. The van der Waals surface area contributed by atoms with Gasteiger partial charge in [-0.3, -0.25) is 4.90 Å². The lowest BCUT2D eigenvalue weighted by Gasteiger charge is -2.29. The largest absolute Gasteiger partial charge is 0.377 e. The van der Waals surface area contributed by atoms with Gasteiger partial charge in [0.15, 0.2) is 0 Å². The predicted octanol–water partition coefficient (Wildman–Crippen LogP) is 2.12. The SMILES string of the molecule is CC(C)CNCC1CCN(C(C)C2CCCO2)C1. The molecule has 18 heavy (non-hydrogen) atoms. The van der Waals surface area contributed by atoms with E-state index < -0.39 is 0 Å². The van der Waals surface area contributed by atoms with E-state index in [-0.39, 0.29) is 0 Å². The Balaban J connectivity index is 1.67. The Morgan fingerprint density at radius 3 is 2.78 bits per heavy atom. The molecule has 2 saturated heterocycles. The zero-order valence-corrected chi connectivity index (χ0v) is 12.3. The normalized spacial score (nSPS) is 31.3. The maximum absolute atomic E-state index is 5.82. The van der Waals surface area contributed by atoms with Crippen LogP contribution in [0.5, 0.6) is 0 Å². The highest BCUT2D eigenvalue weighted by Gasteiger charge is 2.32. The fourth-order valence-electron chi connectivity index (χ4n) is 3.19. The van der Waals surface area contributed by atoms with Crippen molar-refractivity contribution in [3.8, 4) is 0 Å². The molecule has 0 saturated carbocycles. The minimum absolute atomic E-state index is 0.493. The van der Waals surface area contributed by atoms with Crippen molar-refractivity contribution in [2.75, 3.05) is 32.8 Å². The van der Waals surface area contributed by atoms with E-state index >= 15 is 0 Å². The minimum atomic E-state index is 0.493. The Morgan fingerprint density at radius 1 is 1.28 bits per heavy atom. The number of hydrogen-bond acceptors (Lipinski definition) is 3. The summed E-state index contributed by atoms with van der Waals surface area (Å²) < 4.78 is 5.82. The molecule has 0 bridgehead atoms. The fraction of sp³-hybridized carbons (Fsp3) is 1.00. The summed E-state index contributed by atoms with van der Waals surface area (Å²) in [4.78, 5) is 2.64. The number of likely N-dealkylation sites (tertiary alicyclic amines) is 1. The first kappa shape index (κ1) is 14.3. The second kappa shape index (κ2) is 6.88. The third kappa shape index (κ3) is 3.94. The first-order valence-corrected chi connectivity index (χ1v) is 7.73. The first-order valence-electron chi connectivity index (χ1n) is 7.73. The molecule has 3 nitrogen and oxygen atoms in total. The van der Waals surface area contributed by atoms with Gasteiger partial charge in [-0.1, -0.05) is 13.8 Å². The summed E-state index contributed by atoms with van der Waals surface area (Å²) >= 11 is 0. The summed E-state index contributed by atoms with van der Waals surface area (Å²) in [6.45, 7) is 12.7. The topological polar surface area (TPSA) is 24.5 Å². The van der Waals surface area contributed by atoms with Gasteiger partial charge >= 0.3 is 0 Å². The van der Waals surface area contributed by atoms with Crippen molar-refractivity contribution >= 4 is 0 Å². The summed E-state index contributed by atoms with van der Waals surface area (Å²) in [6.07, 6.45) is 4.35. The van der Waals surface area contributed by atoms with Gasteiger partial charge in [0, 0.05) is 19.2 Å². The number of nitrogens with one attached hydrogen (secondary N) is 1. The highest BCUT2D eigenvalue weighted by molar-refractivity contribution is 4.86. The van der Waals surface area contributed by atoms with Crippen LogP contribution < -0.4 is 5.32 Å². The van der Waals surface area contributed by atoms with Crippen LogP contribution in [0.3, 0.4) is 0 Å². The smallest absolute Gasteiger partial charge is 0.0728 e. The standard InChI is InChI=1S/C15H30N2O/c1-12(2)9-16-10-14-6-7-17(11-14)13(3)15-5-4-8-18-15/h12-16H,4-11H2,1-3H3. The molecule has 2 fully saturated rings. The van der Waals surface area contributed by atoms with Crippen LogP contribution >= 0.6 is 0 Å². The van der Waals surface area contributed by atoms with Gasteiger partial charge in [-0.05, 0) is 57.7 Å². The molecule has 2 aliphatic rings. The third-order valence-corrected chi connectivity index (χ3v) is 4.38. The van der Waals surface area contributed by atoms with Crippen molar-refractivity contribution in [3.63, 3.8) is 0 Å². The molecule has 0 amide bonds. The Bertz CT molecular complexity index is 239. The summed E-state index contributed by atoms with van der Waals surface area (Å²) in [7, 11) is 0. The van der Waals surface area contributed by atoms with Crippen LogP contribution in [0.2, 0.25) is 0 Å². The Hall–Kier alpha value is -0.120. The van der Waals surface area contributed by atoms with Gasteiger partial charge in [0.25, 0.3) is 0 Å². The van der Waals surface area contributed by atoms with E-state index in [1.807, 2.05) is 0 Å². The van der Waals surface area contributed by atoms with Gasteiger partial charge in [0.05, 0.1) is 6.10 Å². The molecule has 0 spiro atoms. The van der Waals surface area contributed by atoms with Crippen LogP contribution in [0.4, 0.5) is 0 Å². The van der Waals surface area contributed by atoms with E-state index in [2.05, 4.69) is 31.0 Å². The molecule has 2 heterocycles. The highest BCUT2D eigenvalue weighted by atomic mass is 16.5. The molecule has 0 aromatic rings. The van der Waals surface area contributed by atoms with Crippen LogP contribution in [0.1, 0.15) is 40.0 Å². The molecule has 106 valence electrons. The summed E-state index contributed by atoms with van der Waals surface area (Å²) in [5.41, 5.74) is 0. The molecule has 2 rings (SSSR count). The van der Waals surface area contributed by atoms with Crippen molar-refractivity contribution in [1.29, 1.82) is 0 Å². The van der Waals surface area contributed by atoms with Gasteiger partial charge in [0.2, 0.25) is 0 Å². The van der Waals surface area contributed by atoms with Gasteiger partial charge in [-0.25, -0.2) is 0 Å². The first-order chi connectivity index (χ1) is 8.66. The lowest BCUT2D eigenvalue weighted by Crippen LogP contribution is -2.40. The number of nitrogens with zero attached hydrogens (tertiary/aromatic N) is 1. The summed E-state index contributed by atoms with van der Waals surface area (Å²) in [5, 5.41) is 3.60. The van der Waals surface area contributed by atoms with Gasteiger partial charge in [-0.15, -0.1) is 0 Å². The van der Waals surface area contributed by atoms with Crippen LogP contribution in [-0.4, -0.2) is 49.8 Å². The van der Waals surface area contributed by atoms with E-state index in [0.717, 1.165) is 25.0 Å². The minimum Gasteiger partial charge on any atom is -0.377 e. The van der Waals surface area contributed by atoms with E-state index in [0.29, 0.717) is 12.1 Å². The molecule has 3 heteroatoms. The number of ether oxygens (including phenoxy) is 1. The zero-order valence-electron chi connectivity index (χ0n) is 12.3. The van der Waals surface area contributed by atoms with E-state index in [9.17, 15) is 0 Å². The van der Waals surface area contributed by atoms with Crippen LogP contribution in [-0.2, 0) is 4.74 Å². The second-order valence-corrected chi connectivity index (χ2v) is 6.49. The van der Waals surface area contributed by atoms with E-state index in [4.69, 9.17) is 4.74 Å². The quantitative estimate of drug-likeness (QED) is 0.786. The molecular weight excluding hydrogens is 224 g/mol. The van der Waals surface area contributed by atoms with Crippen LogP contribution in [0, 0.1) is 11.8 Å². The Labute approximate surface area is 112 Å². The predicted molar refractivity (Wildman–Crippen MR) is 75.8 cm³/mol. The average molecular weight is 254 g/mol. The molecule has 3 unspecified atom stereocenters. The molecule has 0 radical (unpaired) electrons. The maximum atomic E-state index is 5.82. The van der Waals surface area contributed by atoms with Gasteiger partial charge in [-0.2, -0.15) is 0 Å². The van der Waals surface area contributed by atoms with Crippen LogP contribution in [0.25, 0.3) is 0 Å². The molecule has 0 aromatic heterocycles. The van der Waals surface area contributed by atoms with Crippen LogP contribution in [0.15, 0.2) is 0 Å². The molecular formula is C15H30N2O. The second-order valence-electron chi connectivity index (χ2n) is 6.49. The average Bonchev–Trinajstić information content (AvgIpc) is 2.99. The van der Waals surface area contributed by atoms with Gasteiger partial charge in [0.1, 0.15) is 0 Å². The monoisotopic (exact) mass is 254 g/mol. The lowest BCUT2D eigenvalue weighted by atomic mass is 10.1. The van der Waals surface area contributed by atoms with Crippen molar-refractivity contribution in [1.82, 2.24) is 10.2 Å². The van der Waals surface area contributed by atoms with E-state index in [1.54, 1.807) is 0 Å². The highest BCUT2D eigenvalue weighted by Crippen LogP contribution is 2.24. The third-order valence-electron chi connectivity index (χ3n) is 4.38. The van der Waals surface area contributed by atoms with Crippen molar-refractivity contribution in [2.24, 2.45) is 11.8 Å². The maximum Gasteiger partial charge on any atom is 0.0728 e. The van der Waals surface area contributed by atoms with Crippen molar-refractivity contribution in [2.45, 2.75) is 52.2 Å². The summed E-state index contributed by atoms with van der Waals surface area (Å²) in [5.74, 6) is 1.60. The van der Waals surface area contributed by atoms with Crippen molar-refractivity contribution in [3.05, 3.63) is 0 Å². The van der Waals surface area contributed by atoms with Crippen molar-refractivity contribution < 1.29 is 4.74 Å². The molecule has 1 N–H and O–H groups in total. The zero-order chi connectivity index (χ0) is 13.0. The fourth-order valence-corrected chi connectivity index (χ4v) is 3.19. The molecule has 0 aromatic carbocycles. The lowest BCUT2D eigenvalue weighted by molar-refractivity contribution is 0.0393. The Morgan fingerprint density at radius 2 is 2.11 bits per heavy atom. The molecule has 0 aliphatic carbocycles. The molecule has 3 atom stereocenters. The van der Waals surface area contributed by atoms with Gasteiger partial charge < -0.3 is 10.1 Å². The van der Waals surface area contributed by atoms with E-state index in [1.165, 1.54) is 38.9 Å². The summed E-state index contributed by atoms with van der Waals surface area (Å²) in [6, 6.07) is 0.614. The Kier molecular flexibility index (Phi) is 5.46. The number of hydrogen-bond donors (Lipinski definition) is 1. The molecule has 2 aliphatic heterocycles.